The van der Waals surface area contributed by atoms with Crippen LogP contribution in [0.2, 0.25) is 0 Å². The number of nitrogens with one attached hydrogen (secondary N) is 1. The fourth-order valence-corrected chi connectivity index (χ4v) is 3.50. The van der Waals surface area contributed by atoms with E-state index in [0.29, 0.717) is 29.1 Å². The fraction of sp³-hybridized carbons (Fsp3) is 0.556. The lowest BCUT2D eigenvalue weighted by Crippen LogP contribution is -2.35. The predicted molar refractivity (Wildman–Crippen MR) is 84.2 cm³/mol. The van der Waals surface area contributed by atoms with Crippen molar-refractivity contribution in [3.8, 4) is 0 Å². The smallest absolute Gasteiger partial charge is 0.256 e. The highest BCUT2D eigenvalue weighted by molar-refractivity contribution is 6.10. The van der Waals surface area contributed by atoms with Crippen molar-refractivity contribution in [1.82, 2.24) is 5.32 Å². The van der Waals surface area contributed by atoms with E-state index in [2.05, 4.69) is 11.4 Å². The third-order valence-electron chi connectivity index (χ3n) is 4.70. The van der Waals surface area contributed by atoms with E-state index < -0.39 is 0 Å². The molecule has 2 aliphatic rings. The molecule has 4 heteroatoms. The summed E-state index contributed by atoms with van der Waals surface area (Å²) in [5.41, 5.74) is 2.26. The van der Waals surface area contributed by atoms with Gasteiger partial charge in [0.05, 0.1) is 11.1 Å². The first-order chi connectivity index (χ1) is 10.6. The van der Waals surface area contributed by atoms with Crippen LogP contribution in [0.25, 0.3) is 0 Å². The van der Waals surface area contributed by atoms with E-state index in [1.807, 2.05) is 6.92 Å². The molecule has 1 N–H and O–H groups in total. The summed E-state index contributed by atoms with van der Waals surface area (Å²) in [4.78, 5) is 24.8. The predicted octanol–water partition coefficient (Wildman–Crippen LogP) is 3.73. The summed E-state index contributed by atoms with van der Waals surface area (Å²) in [7, 11) is 0. The second kappa shape index (κ2) is 6.11. The number of hydrogen-bond donors (Lipinski definition) is 1. The number of carbonyl (C=O) groups excluding carboxylic acids is 2. The molecule has 0 aliphatic heterocycles. The van der Waals surface area contributed by atoms with Gasteiger partial charge in [-0.15, -0.1) is 0 Å². The maximum atomic E-state index is 12.6. The van der Waals surface area contributed by atoms with Gasteiger partial charge in [-0.3, -0.25) is 9.59 Å². The number of rotatable bonds is 3. The number of aryl methyl sites for hydroxylation is 2. The summed E-state index contributed by atoms with van der Waals surface area (Å²) in [6.45, 7) is 3.78. The Labute approximate surface area is 131 Å². The molecule has 118 valence electrons. The summed E-state index contributed by atoms with van der Waals surface area (Å²) < 4.78 is 5.66. The van der Waals surface area contributed by atoms with Crippen LogP contribution in [-0.2, 0) is 6.42 Å². The Hall–Kier alpha value is -1.84. The Balaban J connectivity index is 1.82. The largest absolute Gasteiger partial charge is 0.465 e. The molecule has 0 saturated heterocycles. The number of carbonyl (C=O) groups is 2. The van der Waals surface area contributed by atoms with Crippen LogP contribution in [0.1, 0.15) is 77.7 Å². The van der Waals surface area contributed by atoms with Gasteiger partial charge < -0.3 is 9.73 Å². The topological polar surface area (TPSA) is 59.3 Å². The molecule has 1 aromatic rings. The van der Waals surface area contributed by atoms with E-state index in [1.54, 1.807) is 6.92 Å². The van der Waals surface area contributed by atoms with E-state index in [1.165, 1.54) is 18.4 Å². The first kappa shape index (κ1) is 15.1. The number of amides is 1. The quantitative estimate of drug-likeness (QED) is 0.865. The molecule has 0 aromatic carbocycles. The first-order valence-corrected chi connectivity index (χ1v) is 8.23. The van der Waals surface area contributed by atoms with Crippen molar-refractivity contribution in [3.05, 3.63) is 34.3 Å². The number of Topliss-reactive ketones (excluding diaryl/α,β-unsaturated/α-hetero) is 1. The van der Waals surface area contributed by atoms with Gasteiger partial charge in [0.15, 0.2) is 5.78 Å². The molecule has 0 spiro atoms. The monoisotopic (exact) mass is 301 g/mol. The Morgan fingerprint density at radius 2 is 2.05 bits per heavy atom. The summed E-state index contributed by atoms with van der Waals surface area (Å²) in [5, 5.41) is 3.04. The normalized spacial score (nSPS) is 19.4. The van der Waals surface area contributed by atoms with Gasteiger partial charge in [0, 0.05) is 18.9 Å². The zero-order valence-corrected chi connectivity index (χ0v) is 13.3. The molecule has 22 heavy (non-hydrogen) atoms. The zero-order chi connectivity index (χ0) is 15.7. The third kappa shape index (κ3) is 2.74. The van der Waals surface area contributed by atoms with Crippen molar-refractivity contribution in [2.75, 3.05) is 0 Å². The lowest BCUT2D eigenvalue weighted by Gasteiger charge is -2.21. The summed E-state index contributed by atoms with van der Waals surface area (Å²) in [6.07, 6.45) is 8.85. The van der Waals surface area contributed by atoms with E-state index >= 15 is 0 Å². The highest BCUT2D eigenvalue weighted by Crippen LogP contribution is 2.30. The minimum absolute atomic E-state index is 0.0106. The maximum absolute atomic E-state index is 12.6. The van der Waals surface area contributed by atoms with Crippen LogP contribution in [0.15, 0.2) is 16.1 Å². The molecule has 4 nitrogen and oxygen atoms in total. The van der Waals surface area contributed by atoms with Crippen LogP contribution in [0.3, 0.4) is 0 Å². The summed E-state index contributed by atoms with van der Waals surface area (Å²) in [6, 6.07) is 0.0106. The van der Waals surface area contributed by atoms with Crippen LogP contribution < -0.4 is 5.32 Å². The number of fused-ring (bicyclic) bond motifs is 1. The van der Waals surface area contributed by atoms with Crippen molar-refractivity contribution in [3.63, 3.8) is 0 Å². The Morgan fingerprint density at radius 1 is 1.23 bits per heavy atom. The molecule has 0 unspecified atom stereocenters. The van der Waals surface area contributed by atoms with Gasteiger partial charge in [-0.25, -0.2) is 0 Å². The van der Waals surface area contributed by atoms with Crippen LogP contribution in [0.5, 0.6) is 0 Å². The highest BCUT2D eigenvalue weighted by Gasteiger charge is 2.31. The van der Waals surface area contributed by atoms with Crippen molar-refractivity contribution in [1.29, 1.82) is 0 Å². The molecular formula is C18H23NO3. The standard InChI is InChI=1S/C18H23NO3/c1-11(13-7-4-3-5-8-13)19-18(21)16-12(2)22-15-10-6-9-14(20)17(15)16/h7,11H,3-6,8-10H2,1-2H3,(H,19,21)/t11-/m0/s1. The van der Waals surface area contributed by atoms with E-state index in [9.17, 15) is 9.59 Å². The Kier molecular flexibility index (Phi) is 4.19. The number of hydrogen-bond acceptors (Lipinski definition) is 3. The fourth-order valence-electron chi connectivity index (χ4n) is 3.50. The van der Waals surface area contributed by atoms with Gasteiger partial charge >= 0.3 is 0 Å². The van der Waals surface area contributed by atoms with E-state index in [-0.39, 0.29) is 17.7 Å². The third-order valence-corrected chi connectivity index (χ3v) is 4.70. The molecule has 1 aromatic heterocycles. The van der Waals surface area contributed by atoms with Crippen LogP contribution in [0, 0.1) is 6.92 Å². The van der Waals surface area contributed by atoms with Crippen molar-refractivity contribution in [2.24, 2.45) is 0 Å². The van der Waals surface area contributed by atoms with Crippen LogP contribution >= 0.6 is 0 Å². The molecule has 1 atom stereocenters. The van der Waals surface area contributed by atoms with Gasteiger partial charge in [-0.2, -0.15) is 0 Å². The molecule has 1 heterocycles. The van der Waals surface area contributed by atoms with Crippen LogP contribution in [0.4, 0.5) is 0 Å². The van der Waals surface area contributed by atoms with Gasteiger partial charge in [-0.1, -0.05) is 11.6 Å². The summed E-state index contributed by atoms with van der Waals surface area (Å²) in [5.74, 6) is 1.09. The molecule has 0 radical (unpaired) electrons. The molecular weight excluding hydrogens is 278 g/mol. The number of ketones is 1. The highest BCUT2D eigenvalue weighted by atomic mass is 16.3. The Morgan fingerprint density at radius 3 is 2.77 bits per heavy atom. The van der Waals surface area contributed by atoms with E-state index in [4.69, 9.17) is 4.42 Å². The lowest BCUT2D eigenvalue weighted by atomic mass is 9.92. The van der Waals surface area contributed by atoms with E-state index in [0.717, 1.165) is 25.7 Å². The minimum Gasteiger partial charge on any atom is -0.465 e. The maximum Gasteiger partial charge on any atom is 0.256 e. The van der Waals surface area contributed by atoms with Crippen molar-refractivity contribution < 1.29 is 14.0 Å². The first-order valence-electron chi connectivity index (χ1n) is 8.23. The zero-order valence-electron chi connectivity index (χ0n) is 13.3. The van der Waals surface area contributed by atoms with Crippen LogP contribution in [-0.4, -0.2) is 17.7 Å². The van der Waals surface area contributed by atoms with Gasteiger partial charge in [0.2, 0.25) is 0 Å². The second-order valence-electron chi connectivity index (χ2n) is 6.33. The average molecular weight is 301 g/mol. The molecule has 0 saturated carbocycles. The SMILES string of the molecule is Cc1oc2c(c1C(=O)N[C@@H](C)C1=CCCCC1)C(=O)CCC2. The average Bonchev–Trinajstić information content (AvgIpc) is 2.85. The summed E-state index contributed by atoms with van der Waals surface area (Å²) >= 11 is 0. The molecule has 0 bridgehead atoms. The van der Waals surface area contributed by atoms with Gasteiger partial charge in [0.1, 0.15) is 11.5 Å². The molecule has 0 fully saturated rings. The van der Waals surface area contributed by atoms with Crippen molar-refractivity contribution >= 4 is 11.7 Å². The Bertz CT molecular complexity index is 639. The second-order valence-corrected chi connectivity index (χ2v) is 6.33. The minimum atomic E-state index is -0.184. The number of allylic oxidation sites excluding steroid dienone is 1. The molecule has 1 amide bonds. The number of furan rings is 1. The van der Waals surface area contributed by atoms with Gasteiger partial charge in [0.25, 0.3) is 5.91 Å². The van der Waals surface area contributed by atoms with Crippen molar-refractivity contribution in [2.45, 2.75) is 64.8 Å². The lowest BCUT2D eigenvalue weighted by molar-refractivity contribution is 0.0921. The molecule has 2 aliphatic carbocycles. The van der Waals surface area contributed by atoms with Gasteiger partial charge in [-0.05, 0) is 46.0 Å². The molecule has 3 rings (SSSR count).